The van der Waals surface area contributed by atoms with Gasteiger partial charge < -0.3 is 20.9 Å². The number of nitrogens with two attached hydrogens (primary N) is 1. The molecule has 20 heavy (non-hydrogen) atoms. The van der Waals surface area contributed by atoms with Crippen molar-refractivity contribution < 1.29 is 4.79 Å². The standard InChI is InChI=1S/C14H23N5O/c1-18-7-9-19(10-8-18)6-2-5-16-14(20)13-4-3-12(15)11-17-13/h3-4,11H,2,5-10,15H2,1H3,(H,16,20). The van der Waals surface area contributed by atoms with E-state index in [1.54, 1.807) is 12.1 Å². The highest BCUT2D eigenvalue weighted by molar-refractivity contribution is 5.92. The molecular weight excluding hydrogens is 254 g/mol. The summed E-state index contributed by atoms with van der Waals surface area (Å²) in [7, 11) is 2.15. The molecule has 0 spiro atoms. The van der Waals surface area contributed by atoms with Gasteiger partial charge in [-0.3, -0.25) is 4.79 Å². The lowest BCUT2D eigenvalue weighted by Gasteiger charge is -2.32. The molecule has 6 nitrogen and oxygen atoms in total. The zero-order valence-electron chi connectivity index (χ0n) is 12.0. The van der Waals surface area contributed by atoms with Crippen molar-refractivity contribution in [1.82, 2.24) is 20.1 Å². The van der Waals surface area contributed by atoms with Gasteiger partial charge in [0, 0.05) is 32.7 Å². The number of nitrogens with zero attached hydrogens (tertiary/aromatic N) is 3. The highest BCUT2D eigenvalue weighted by Gasteiger charge is 2.13. The molecular formula is C14H23N5O. The van der Waals surface area contributed by atoms with E-state index >= 15 is 0 Å². The quantitative estimate of drug-likeness (QED) is 0.743. The van der Waals surface area contributed by atoms with Crippen LogP contribution in [-0.2, 0) is 0 Å². The number of anilines is 1. The summed E-state index contributed by atoms with van der Waals surface area (Å²) < 4.78 is 0. The number of aromatic nitrogens is 1. The predicted molar refractivity (Wildman–Crippen MR) is 79.5 cm³/mol. The number of nitrogens with one attached hydrogen (secondary N) is 1. The summed E-state index contributed by atoms with van der Waals surface area (Å²) in [5.74, 6) is -0.136. The first-order valence-electron chi connectivity index (χ1n) is 7.06. The van der Waals surface area contributed by atoms with Crippen molar-refractivity contribution >= 4 is 11.6 Å². The molecule has 0 aromatic carbocycles. The molecule has 1 aromatic heterocycles. The van der Waals surface area contributed by atoms with E-state index in [9.17, 15) is 4.79 Å². The zero-order chi connectivity index (χ0) is 14.4. The Morgan fingerprint density at radius 2 is 2.10 bits per heavy atom. The Labute approximate surface area is 120 Å². The number of carbonyl (C=O) groups is 1. The molecule has 0 aliphatic carbocycles. The molecule has 0 unspecified atom stereocenters. The first kappa shape index (κ1) is 14.7. The number of likely N-dealkylation sites (N-methyl/N-ethyl adjacent to an activating group) is 1. The van der Waals surface area contributed by atoms with E-state index in [2.05, 4.69) is 27.1 Å². The fourth-order valence-electron chi connectivity index (χ4n) is 2.21. The van der Waals surface area contributed by atoms with Crippen LogP contribution in [0.25, 0.3) is 0 Å². The fourth-order valence-corrected chi connectivity index (χ4v) is 2.21. The second kappa shape index (κ2) is 7.21. The summed E-state index contributed by atoms with van der Waals surface area (Å²) in [5.41, 5.74) is 6.52. The number of amides is 1. The highest BCUT2D eigenvalue weighted by atomic mass is 16.1. The topological polar surface area (TPSA) is 74.5 Å². The Bertz CT molecular complexity index is 426. The number of pyridine rings is 1. The number of rotatable bonds is 5. The third kappa shape index (κ3) is 4.47. The molecule has 2 heterocycles. The van der Waals surface area contributed by atoms with Gasteiger partial charge in [0.05, 0.1) is 11.9 Å². The van der Waals surface area contributed by atoms with Gasteiger partial charge in [-0.2, -0.15) is 0 Å². The van der Waals surface area contributed by atoms with Crippen LogP contribution in [-0.4, -0.2) is 67.0 Å². The van der Waals surface area contributed by atoms with Gasteiger partial charge in [-0.1, -0.05) is 0 Å². The Morgan fingerprint density at radius 1 is 1.35 bits per heavy atom. The summed E-state index contributed by atoms with van der Waals surface area (Å²) in [6.07, 6.45) is 2.46. The first-order valence-corrected chi connectivity index (χ1v) is 7.06. The van der Waals surface area contributed by atoms with E-state index in [-0.39, 0.29) is 5.91 Å². The summed E-state index contributed by atoms with van der Waals surface area (Å²) in [6, 6.07) is 3.33. The Kier molecular flexibility index (Phi) is 5.31. The molecule has 3 N–H and O–H groups in total. The van der Waals surface area contributed by atoms with Gasteiger partial charge in [-0.05, 0) is 32.1 Å². The molecule has 1 saturated heterocycles. The van der Waals surface area contributed by atoms with Crippen molar-refractivity contribution in [3.05, 3.63) is 24.0 Å². The Balaban J connectivity index is 1.63. The van der Waals surface area contributed by atoms with E-state index in [0.717, 1.165) is 39.1 Å². The normalized spacial score (nSPS) is 17.1. The van der Waals surface area contributed by atoms with Gasteiger partial charge >= 0.3 is 0 Å². The maximum atomic E-state index is 11.8. The van der Waals surface area contributed by atoms with Crippen molar-refractivity contribution in [3.8, 4) is 0 Å². The van der Waals surface area contributed by atoms with E-state index in [1.165, 1.54) is 6.20 Å². The van der Waals surface area contributed by atoms with Crippen LogP contribution in [0, 0.1) is 0 Å². The number of piperazine rings is 1. The van der Waals surface area contributed by atoms with Gasteiger partial charge in [0.15, 0.2) is 0 Å². The van der Waals surface area contributed by atoms with Crippen LogP contribution in [0.1, 0.15) is 16.9 Å². The summed E-state index contributed by atoms with van der Waals surface area (Å²) in [6.45, 7) is 6.19. The third-order valence-corrected chi connectivity index (χ3v) is 3.55. The lowest BCUT2D eigenvalue weighted by molar-refractivity contribution is 0.0944. The molecule has 1 fully saturated rings. The molecule has 2 rings (SSSR count). The Hall–Kier alpha value is -1.66. The minimum Gasteiger partial charge on any atom is -0.397 e. The van der Waals surface area contributed by atoms with Gasteiger partial charge in [-0.25, -0.2) is 4.98 Å². The molecule has 0 bridgehead atoms. The zero-order valence-corrected chi connectivity index (χ0v) is 12.0. The third-order valence-electron chi connectivity index (χ3n) is 3.55. The SMILES string of the molecule is CN1CCN(CCCNC(=O)c2ccc(N)cn2)CC1. The molecule has 0 saturated carbocycles. The smallest absolute Gasteiger partial charge is 0.269 e. The van der Waals surface area contributed by atoms with E-state index < -0.39 is 0 Å². The van der Waals surface area contributed by atoms with Crippen LogP contribution in [0.4, 0.5) is 5.69 Å². The minimum atomic E-state index is -0.136. The van der Waals surface area contributed by atoms with Crippen molar-refractivity contribution in [3.63, 3.8) is 0 Å². The largest absolute Gasteiger partial charge is 0.397 e. The average molecular weight is 277 g/mol. The van der Waals surface area contributed by atoms with Crippen LogP contribution in [0.3, 0.4) is 0 Å². The molecule has 1 aromatic rings. The predicted octanol–water partition coefficient (Wildman–Crippen LogP) is 0.0311. The van der Waals surface area contributed by atoms with Crippen LogP contribution in [0.5, 0.6) is 0 Å². The molecule has 0 radical (unpaired) electrons. The summed E-state index contributed by atoms with van der Waals surface area (Å²) in [5, 5.41) is 2.89. The van der Waals surface area contributed by atoms with Crippen molar-refractivity contribution in [2.45, 2.75) is 6.42 Å². The van der Waals surface area contributed by atoms with Gasteiger partial charge in [-0.15, -0.1) is 0 Å². The summed E-state index contributed by atoms with van der Waals surface area (Å²) >= 11 is 0. The molecule has 1 amide bonds. The van der Waals surface area contributed by atoms with Gasteiger partial charge in [0.2, 0.25) is 0 Å². The summed E-state index contributed by atoms with van der Waals surface area (Å²) in [4.78, 5) is 20.6. The lowest BCUT2D eigenvalue weighted by Crippen LogP contribution is -2.45. The number of carbonyl (C=O) groups excluding carboxylic acids is 1. The average Bonchev–Trinajstić information content (AvgIpc) is 2.46. The first-order chi connectivity index (χ1) is 9.65. The number of nitrogen functional groups attached to an aromatic ring is 1. The Morgan fingerprint density at radius 3 is 2.75 bits per heavy atom. The fraction of sp³-hybridized carbons (Fsp3) is 0.571. The van der Waals surface area contributed by atoms with Crippen LogP contribution < -0.4 is 11.1 Å². The van der Waals surface area contributed by atoms with Crippen LogP contribution in [0.2, 0.25) is 0 Å². The highest BCUT2D eigenvalue weighted by Crippen LogP contribution is 2.02. The van der Waals surface area contributed by atoms with Crippen LogP contribution >= 0.6 is 0 Å². The van der Waals surface area contributed by atoms with E-state index in [0.29, 0.717) is 17.9 Å². The minimum absolute atomic E-state index is 0.136. The maximum absolute atomic E-state index is 11.8. The lowest BCUT2D eigenvalue weighted by atomic mass is 10.3. The maximum Gasteiger partial charge on any atom is 0.269 e. The van der Waals surface area contributed by atoms with Gasteiger partial charge in [0.25, 0.3) is 5.91 Å². The van der Waals surface area contributed by atoms with E-state index in [1.807, 2.05) is 0 Å². The molecule has 0 atom stereocenters. The molecule has 1 aliphatic rings. The van der Waals surface area contributed by atoms with Gasteiger partial charge in [0.1, 0.15) is 5.69 Å². The van der Waals surface area contributed by atoms with Crippen LogP contribution in [0.15, 0.2) is 18.3 Å². The second-order valence-corrected chi connectivity index (χ2v) is 5.23. The number of hydrogen-bond donors (Lipinski definition) is 2. The molecule has 1 aliphatic heterocycles. The van der Waals surface area contributed by atoms with Crippen molar-refractivity contribution in [1.29, 1.82) is 0 Å². The van der Waals surface area contributed by atoms with E-state index in [4.69, 9.17) is 5.73 Å². The molecule has 110 valence electrons. The monoisotopic (exact) mass is 277 g/mol. The number of hydrogen-bond acceptors (Lipinski definition) is 5. The van der Waals surface area contributed by atoms with Crippen molar-refractivity contribution in [2.24, 2.45) is 0 Å². The molecule has 6 heteroatoms. The second-order valence-electron chi connectivity index (χ2n) is 5.23. The van der Waals surface area contributed by atoms with Crippen molar-refractivity contribution in [2.75, 3.05) is 52.0 Å².